The van der Waals surface area contributed by atoms with E-state index in [2.05, 4.69) is 4.72 Å². The van der Waals surface area contributed by atoms with Crippen LogP contribution in [0.2, 0.25) is 0 Å². The van der Waals surface area contributed by atoms with E-state index in [1.54, 1.807) is 31.2 Å². The largest absolute Gasteiger partial charge is 0.303 e. The fraction of sp³-hybridized carbons (Fsp3) is 0.364. The first-order valence-electron chi connectivity index (χ1n) is 4.97. The van der Waals surface area contributed by atoms with Gasteiger partial charge in [0.1, 0.15) is 6.29 Å². The van der Waals surface area contributed by atoms with Gasteiger partial charge in [-0.1, -0.05) is 24.6 Å². The molecule has 5 heteroatoms. The molecule has 0 fully saturated rings. The maximum atomic E-state index is 11.7. The summed E-state index contributed by atoms with van der Waals surface area (Å²) < 4.78 is 25.9. The van der Waals surface area contributed by atoms with Crippen molar-refractivity contribution in [3.8, 4) is 0 Å². The molecule has 0 saturated heterocycles. The number of sulfonamides is 1. The van der Waals surface area contributed by atoms with Gasteiger partial charge >= 0.3 is 0 Å². The van der Waals surface area contributed by atoms with Gasteiger partial charge in [-0.2, -0.15) is 0 Å². The molecule has 0 heterocycles. The Balaban J connectivity index is 2.78. The predicted octanol–water partition coefficient (Wildman–Crippen LogP) is 1.11. The standard InChI is InChI=1S/C11H15NO3S/c1-9-3-5-11(6-4-9)16(14,15)12-7-10(2)8-13/h3-6,8,10,12H,7H2,1-2H3. The first kappa shape index (κ1) is 12.9. The normalized spacial score (nSPS) is 13.4. The highest BCUT2D eigenvalue weighted by molar-refractivity contribution is 7.89. The van der Waals surface area contributed by atoms with Crippen molar-refractivity contribution < 1.29 is 13.2 Å². The molecular formula is C11H15NO3S. The van der Waals surface area contributed by atoms with E-state index in [9.17, 15) is 13.2 Å². The van der Waals surface area contributed by atoms with Crippen LogP contribution in [0.4, 0.5) is 0 Å². The summed E-state index contributed by atoms with van der Waals surface area (Å²) in [6.07, 6.45) is 0.720. The highest BCUT2D eigenvalue weighted by atomic mass is 32.2. The Hall–Kier alpha value is -1.20. The summed E-state index contributed by atoms with van der Waals surface area (Å²) in [7, 11) is -3.49. The second-order valence-electron chi connectivity index (χ2n) is 3.78. The molecule has 0 radical (unpaired) electrons. The summed E-state index contributed by atoms with van der Waals surface area (Å²) in [6.45, 7) is 3.67. The number of hydrogen-bond acceptors (Lipinski definition) is 3. The van der Waals surface area contributed by atoms with Crippen LogP contribution in [0.25, 0.3) is 0 Å². The van der Waals surface area contributed by atoms with Crippen LogP contribution in [0.3, 0.4) is 0 Å². The van der Waals surface area contributed by atoms with E-state index in [1.807, 2.05) is 6.92 Å². The molecule has 4 nitrogen and oxygen atoms in total. The second kappa shape index (κ2) is 5.23. The molecule has 1 unspecified atom stereocenters. The highest BCUT2D eigenvalue weighted by Crippen LogP contribution is 2.09. The first-order valence-corrected chi connectivity index (χ1v) is 6.45. The van der Waals surface area contributed by atoms with Crippen LogP contribution in [0.5, 0.6) is 0 Å². The quantitative estimate of drug-likeness (QED) is 0.785. The SMILES string of the molecule is Cc1ccc(S(=O)(=O)NCC(C)C=O)cc1. The van der Waals surface area contributed by atoms with Gasteiger partial charge < -0.3 is 4.79 Å². The number of aldehydes is 1. The molecule has 1 rings (SSSR count). The molecule has 0 aliphatic heterocycles. The van der Waals surface area contributed by atoms with Crippen LogP contribution in [0.15, 0.2) is 29.2 Å². The third kappa shape index (κ3) is 3.43. The lowest BCUT2D eigenvalue weighted by Gasteiger charge is -2.08. The van der Waals surface area contributed by atoms with E-state index >= 15 is 0 Å². The van der Waals surface area contributed by atoms with Crippen molar-refractivity contribution in [2.75, 3.05) is 6.54 Å². The topological polar surface area (TPSA) is 63.2 Å². The summed E-state index contributed by atoms with van der Waals surface area (Å²) in [4.78, 5) is 10.6. The zero-order chi connectivity index (χ0) is 12.2. The van der Waals surface area contributed by atoms with Crippen LogP contribution in [-0.4, -0.2) is 21.2 Å². The van der Waals surface area contributed by atoms with Crippen molar-refractivity contribution >= 4 is 16.3 Å². The summed E-state index contributed by atoms with van der Waals surface area (Å²) in [5, 5.41) is 0. The van der Waals surface area contributed by atoms with Gasteiger partial charge in [0.2, 0.25) is 10.0 Å². The molecular weight excluding hydrogens is 226 g/mol. The molecule has 1 aromatic rings. The highest BCUT2D eigenvalue weighted by Gasteiger charge is 2.14. The van der Waals surface area contributed by atoms with Gasteiger partial charge in [0.15, 0.2) is 0 Å². The predicted molar refractivity (Wildman–Crippen MR) is 61.6 cm³/mol. The Morgan fingerprint density at radius 2 is 1.88 bits per heavy atom. The first-order chi connectivity index (χ1) is 7.45. The minimum Gasteiger partial charge on any atom is -0.303 e. The number of carbonyl (C=O) groups is 1. The maximum absolute atomic E-state index is 11.7. The van der Waals surface area contributed by atoms with Gasteiger partial charge in [0.05, 0.1) is 4.90 Å². The third-order valence-electron chi connectivity index (χ3n) is 2.16. The number of benzene rings is 1. The zero-order valence-electron chi connectivity index (χ0n) is 9.30. The van der Waals surface area contributed by atoms with Crippen molar-refractivity contribution in [2.45, 2.75) is 18.7 Å². The Morgan fingerprint density at radius 1 is 1.31 bits per heavy atom. The van der Waals surface area contributed by atoms with E-state index in [-0.39, 0.29) is 17.4 Å². The minimum atomic E-state index is -3.49. The summed E-state index contributed by atoms with van der Waals surface area (Å²) in [6, 6.07) is 6.56. The average molecular weight is 241 g/mol. The van der Waals surface area contributed by atoms with Crippen LogP contribution in [0, 0.1) is 12.8 Å². The number of carbonyl (C=O) groups excluding carboxylic acids is 1. The fourth-order valence-electron chi connectivity index (χ4n) is 1.09. The van der Waals surface area contributed by atoms with Crippen molar-refractivity contribution in [3.63, 3.8) is 0 Å². The molecule has 0 aromatic heterocycles. The maximum Gasteiger partial charge on any atom is 0.240 e. The lowest BCUT2D eigenvalue weighted by Crippen LogP contribution is -2.28. The molecule has 0 saturated carbocycles. The molecule has 0 spiro atoms. The minimum absolute atomic E-state index is 0.125. The van der Waals surface area contributed by atoms with Crippen LogP contribution in [-0.2, 0) is 14.8 Å². The molecule has 1 N–H and O–H groups in total. The van der Waals surface area contributed by atoms with Gasteiger partial charge in [-0.25, -0.2) is 13.1 Å². The number of rotatable bonds is 5. The average Bonchev–Trinajstić information content (AvgIpc) is 2.26. The molecule has 1 atom stereocenters. The fourth-order valence-corrected chi connectivity index (χ4v) is 2.23. The molecule has 0 aliphatic carbocycles. The second-order valence-corrected chi connectivity index (χ2v) is 5.55. The van der Waals surface area contributed by atoms with Gasteiger partial charge in [-0.05, 0) is 19.1 Å². The van der Waals surface area contributed by atoms with Gasteiger partial charge in [-0.3, -0.25) is 0 Å². The summed E-state index contributed by atoms with van der Waals surface area (Å²) in [5.74, 6) is -0.319. The Labute approximate surface area is 95.7 Å². The van der Waals surface area contributed by atoms with Gasteiger partial charge in [0.25, 0.3) is 0 Å². The van der Waals surface area contributed by atoms with Gasteiger partial charge in [-0.15, -0.1) is 0 Å². The number of nitrogens with one attached hydrogen (secondary N) is 1. The van der Waals surface area contributed by atoms with Crippen LogP contribution in [0.1, 0.15) is 12.5 Å². The summed E-state index contributed by atoms with van der Waals surface area (Å²) in [5.41, 5.74) is 1.00. The van der Waals surface area contributed by atoms with Crippen molar-refractivity contribution in [1.29, 1.82) is 0 Å². The van der Waals surface area contributed by atoms with E-state index in [4.69, 9.17) is 0 Å². The van der Waals surface area contributed by atoms with Crippen molar-refractivity contribution in [2.24, 2.45) is 5.92 Å². The number of aryl methyl sites for hydroxylation is 1. The van der Waals surface area contributed by atoms with Crippen LogP contribution >= 0.6 is 0 Å². The molecule has 16 heavy (non-hydrogen) atoms. The third-order valence-corrected chi connectivity index (χ3v) is 3.60. The molecule has 1 aromatic carbocycles. The zero-order valence-corrected chi connectivity index (χ0v) is 10.1. The van der Waals surface area contributed by atoms with E-state index in [0.29, 0.717) is 0 Å². The molecule has 0 aliphatic rings. The van der Waals surface area contributed by atoms with Crippen LogP contribution < -0.4 is 4.72 Å². The van der Waals surface area contributed by atoms with E-state index in [0.717, 1.165) is 11.8 Å². The van der Waals surface area contributed by atoms with Crippen molar-refractivity contribution in [3.05, 3.63) is 29.8 Å². The van der Waals surface area contributed by atoms with E-state index < -0.39 is 10.0 Å². The monoisotopic (exact) mass is 241 g/mol. The Kier molecular flexibility index (Phi) is 4.20. The molecule has 88 valence electrons. The summed E-state index contributed by atoms with van der Waals surface area (Å²) >= 11 is 0. The van der Waals surface area contributed by atoms with E-state index in [1.165, 1.54) is 0 Å². The van der Waals surface area contributed by atoms with Crippen molar-refractivity contribution in [1.82, 2.24) is 4.72 Å². The number of hydrogen-bond donors (Lipinski definition) is 1. The van der Waals surface area contributed by atoms with Gasteiger partial charge in [0, 0.05) is 12.5 Å². The molecule has 0 bridgehead atoms. The smallest absolute Gasteiger partial charge is 0.240 e. The molecule has 0 amide bonds. The Morgan fingerprint density at radius 3 is 2.38 bits per heavy atom. The lowest BCUT2D eigenvalue weighted by molar-refractivity contribution is -0.110. The lowest BCUT2D eigenvalue weighted by atomic mass is 10.2. The Bertz CT molecular complexity index is 451.